The molecule has 204 valence electrons. The van der Waals surface area contributed by atoms with Crippen molar-refractivity contribution in [3.05, 3.63) is 65.6 Å². The highest BCUT2D eigenvalue weighted by atomic mass is 19.2. The summed E-state index contributed by atoms with van der Waals surface area (Å²) in [6, 6.07) is 6.57. The van der Waals surface area contributed by atoms with E-state index >= 15 is 0 Å². The topological polar surface area (TPSA) is 156 Å². The number of hydrogen-bond acceptors (Lipinski definition) is 9. The standard InChI is InChI=1S/C24H24F3N3O8/c1-36-13-4-2-11(3-5-13)10-37-23(24(34)35)22-21(33)19(20(32)17(9-31)38-22)30-8-16(28-29-30)12-6-14(25)18(27)15(26)7-12/h2-8,17,19-23,31-33H,9-10H2,1H3,(H,34,35)/t17?,19?,20-,21?,22?,23-/m0/s1. The van der Waals surface area contributed by atoms with Gasteiger partial charge in [-0.3, -0.25) is 0 Å². The molecule has 3 aromatic rings. The Morgan fingerprint density at radius 1 is 1.13 bits per heavy atom. The van der Waals surface area contributed by atoms with Crippen molar-refractivity contribution < 1.29 is 52.6 Å². The molecule has 4 unspecified atom stereocenters. The van der Waals surface area contributed by atoms with Gasteiger partial charge in [0.15, 0.2) is 23.6 Å². The molecule has 2 aromatic carbocycles. The van der Waals surface area contributed by atoms with E-state index in [1.54, 1.807) is 24.3 Å². The van der Waals surface area contributed by atoms with Gasteiger partial charge in [0.25, 0.3) is 0 Å². The molecule has 6 atom stereocenters. The van der Waals surface area contributed by atoms with Crippen LogP contribution in [0.4, 0.5) is 13.2 Å². The first-order chi connectivity index (χ1) is 18.1. The van der Waals surface area contributed by atoms with Gasteiger partial charge in [-0.2, -0.15) is 0 Å². The highest BCUT2D eigenvalue weighted by Crippen LogP contribution is 2.33. The normalized spacial score (nSPS) is 24.2. The Kier molecular flexibility index (Phi) is 8.28. The molecule has 0 radical (unpaired) electrons. The number of benzene rings is 2. The van der Waals surface area contributed by atoms with Crippen molar-refractivity contribution in [3.63, 3.8) is 0 Å². The van der Waals surface area contributed by atoms with E-state index in [1.165, 1.54) is 7.11 Å². The third-order valence-electron chi connectivity index (χ3n) is 6.15. The zero-order valence-corrected chi connectivity index (χ0v) is 19.8. The number of ether oxygens (including phenoxy) is 3. The highest BCUT2D eigenvalue weighted by Gasteiger charge is 2.50. The van der Waals surface area contributed by atoms with Crippen LogP contribution < -0.4 is 4.74 Å². The number of aliphatic carboxylic acids is 1. The second-order valence-electron chi connectivity index (χ2n) is 8.55. The number of aromatic nitrogens is 3. The Morgan fingerprint density at radius 2 is 1.79 bits per heavy atom. The molecule has 4 rings (SSSR count). The van der Waals surface area contributed by atoms with E-state index in [1.807, 2.05) is 0 Å². The van der Waals surface area contributed by atoms with Gasteiger partial charge in [0, 0.05) is 5.56 Å². The maximum atomic E-state index is 13.7. The van der Waals surface area contributed by atoms with E-state index in [-0.39, 0.29) is 17.9 Å². The van der Waals surface area contributed by atoms with Gasteiger partial charge < -0.3 is 34.6 Å². The number of aliphatic hydroxyl groups is 3. The minimum absolute atomic E-state index is 0.128. The summed E-state index contributed by atoms with van der Waals surface area (Å²) in [7, 11) is 1.49. The Labute approximate surface area is 213 Å². The summed E-state index contributed by atoms with van der Waals surface area (Å²) in [6.07, 6.45) is -6.90. The molecular weight excluding hydrogens is 515 g/mol. The third-order valence-corrected chi connectivity index (χ3v) is 6.15. The maximum Gasteiger partial charge on any atom is 0.335 e. The minimum Gasteiger partial charge on any atom is -0.497 e. The third kappa shape index (κ3) is 5.49. The quantitative estimate of drug-likeness (QED) is 0.290. The zero-order chi connectivity index (χ0) is 27.6. The maximum absolute atomic E-state index is 13.7. The van der Waals surface area contributed by atoms with Crippen LogP contribution in [-0.2, 0) is 20.9 Å². The summed E-state index contributed by atoms with van der Waals surface area (Å²) in [6.45, 7) is -0.929. The molecular formula is C24H24F3N3O8. The number of carboxylic acid groups (broad SMARTS) is 1. The molecule has 1 fully saturated rings. The first kappa shape index (κ1) is 27.5. The molecule has 0 bridgehead atoms. The van der Waals surface area contributed by atoms with Crippen LogP contribution in [0, 0.1) is 17.5 Å². The second-order valence-corrected chi connectivity index (χ2v) is 8.55. The number of methoxy groups -OCH3 is 1. The Hall–Kier alpha value is -3.56. The molecule has 0 spiro atoms. The van der Waals surface area contributed by atoms with E-state index in [0.717, 1.165) is 10.9 Å². The largest absolute Gasteiger partial charge is 0.497 e. The fraction of sp³-hybridized carbons (Fsp3) is 0.375. The van der Waals surface area contributed by atoms with E-state index < -0.39 is 66.6 Å². The van der Waals surface area contributed by atoms with Crippen molar-refractivity contribution in [2.24, 2.45) is 0 Å². The molecule has 11 nitrogen and oxygen atoms in total. The lowest BCUT2D eigenvalue weighted by Gasteiger charge is -2.43. The van der Waals surface area contributed by atoms with E-state index in [2.05, 4.69) is 10.3 Å². The molecule has 1 aromatic heterocycles. The lowest BCUT2D eigenvalue weighted by Crippen LogP contribution is -2.60. The van der Waals surface area contributed by atoms with Gasteiger partial charge >= 0.3 is 5.97 Å². The summed E-state index contributed by atoms with van der Waals surface area (Å²) < 4.78 is 57.8. The SMILES string of the molecule is COc1ccc(CO[C@H](C(=O)O)C2OC(CO)[C@H](O)C(n3cc(-c4cc(F)c(F)c(F)c4)nn3)C2O)cc1. The van der Waals surface area contributed by atoms with Crippen molar-refractivity contribution in [2.75, 3.05) is 13.7 Å². The Balaban J connectivity index is 1.60. The number of carbonyl (C=O) groups is 1. The lowest BCUT2D eigenvalue weighted by atomic mass is 9.90. The predicted molar refractivity (Wildman–Crippen MR) is 121 cm³/mol. The van der Waals surface area contributed by atoms with Crippen molar-refractivity contribution in [2.45, 2.75) is 43.2 Å². The first-order valence-electron chi connectivity index (χ1n) is 11.3. The summed E-state index contributed by atoms with van der Waals surface area (Å²) in [5.41, 5.74) is 0.291. The molecule has 0 saturated carbocycles. The average Bonchev–Trinajstić information content (AvgIpc) is 3.38. The average molecular weight is 539 g/mol. The van der Waals surface area contributed by atoms with Crippen LogP contribution in [0.25, 0.3) is 11.3 Å². The highest BCUT2D eigenvalue weighted by molar-refractivity contribution is 5.73. The van der Waals surface area contributed by atoms with Gasteiger partial charge in [0.1, 0.15) is 41.9 Å². The van der Waals surface area contributed by atoms with Gasteiger partial charge in [0.2, 0.25) is 0 Å². The van der Waals surface area contributed by atoms with E-state index in [9.17, 15) is 38.4 Å². The summed E-state index contributed by atoms with van der Waals surface area (Å²) in [4.78, 5) is 12.1. The molecule has 2 heterocycles. The number of hydrogen-bond donors (Lipinski definition) is 4. The molecule has 1 saturated heterocycles. The van der Waals surface area contributed by atoms with Gasteiger partial charge in [0.05, 0.1) is 26.5 Å². The van der Waals surface area contributed by atoms with Crippen LogP contribution in [0.2, 0.25) is 0 Å². The van der Waals surface area contributed by atoms with Crippen molar-refractivity contribution in [1.82, 2.24) is 15.0 Å². The van der Waals surface area contributed by atoms with Crippen molar-refractivity contribution in [1.29, 1.82) is 0 Å². The lowest BCUT2D eigenvalue weighted by molar-refractivity contribution is -0.238. The minimum atomic E-state index is -1.75. The summed E-state index contributed by atoms with van der Waals surface area (Å²) in [5.74, 6) is -5.49. The number of carboxylic acids is 1. The van der Waals surface area contributed by atoms with Crippen LogP contribution >= 0.6 is 0 Å². The van der Waals surface area contributed by atoms with Gasteiger partial charge in [-0.05, 0) is 29.8 Å². The molecule has 0 aliphatic carbocycles. The summed E-state index contributed by atoms with van der Waals surface area (Å²) >= 11 is 0. The Morgan fingerprint density at radius 3 is 2.37 bits per heavy atom. The fourth-order valence-corrected chi connectivity index (χ4v) is 4.17. The van der Waals surface area contributed by atoms with E-state index in [0.29, 0.717) is 23.4 Å². The molecule has 0 amide bonds. The van der Waals surface area contributed by atoms with Crippen LogP contribution in [0.3, 0.4) is 0 Å². The molecule has 1 aliphatic heterocycles. The molecule has 1 aliphatic rings. The number of rotatable bonds is 9. The van der Waals surface area contributed by atoms with Crippen LogP contribution in [0.1, 0.15) is 11.6 Å². The number of aliphatic hydroxyl groups excluding tert-OH is 3. The molecule has 38 heavy (non-hydrogen) atoms. The smallest absolute Gasteiger partial charge is 0.335 e. The van der Waals surface area contributed by atoms with Gasteiger partial charge in [-0.25, -0.2) is 22.6 Å². The van der Waals surface area contributed by atoms with Crippen molar-refractivity contribution in [3.8, 4) is 17.0 Å². The van der Waals surface area contributed by atoms with Crippen LogP contribution in [0.5, 0.6) is 5.75 Å². The van der Waals surface area contributed by atoms with Gasteiger partial charge in [-0.15, -0.1) is 5.10 Å². The van der Waals surface area contributed by atoms with Crippen LogP contribution in [-0.4, -0.2) is 85.6 Å². The van der Waals surface area contributed by atoms with E-state index in [4.69, 9.17) is 14.2 Å². The fourth-order valence-electron chi connectivity index (χ4n) is 4.17. The first-order valence-corrected chi connectivity index (χ1v) is 11.3. The van der Waals surface area contributed by atoms with Gasteiger partial charge in [-0.1, -0.05) is 17.3 Å². The van der Waals surface area contributed by atoms with Crippen molar-refractivity contribution >= 4 is 5.97 Å². The second kappa shape index (κ2) is 11.4. The van der Waals surface area contributed by atoms with Crippen LogP contribution in [0.15, 0.2) is 42.6 Å². The number of nitrogens with zero attached hydrogens (tertiary/aromatic N) is 3. The molecule has 14 heteroatoms. The molecule has 4 N–H and O–H groups in total. The number of halogens is 3. The summed E-state index contributed by atoms with van der Waals surface area (Å²) in [5, 5.41) is 48.9. The Bertz CT molecular complexity index is 1250. The monoisotopic (exact) mass is 539 g/mol. The predicted octanol–water partition coefficient (Wildman–Crippen LogP) is 1.06. The zero-order valence-electron chi connectivity index (χ0n) is 19.8.